The zero-order valence-corrected chi connectivity index (χ0v) is 27.7. The molecular weight excluding hydrogens is 512 g/mol. The van der Waals surface area contributed by atoms with E-state index >= 15 is 0 Å². The first kappa shape index (κ1) is 41.1. The van der Waals surface area contributed by atoms with E-state index in [1.165, 1.54) is 148 Å². The largest absolute Gasteiger partial charge is 0.481 e. The van der Waals surface area contributed by atoms with Crippen molar-refractivity contribution in [2.75, 3.05) is 0 Å². The summed E-state index contributed by atoms with van der Waals surface area (Å²) in [4.78, 5) is 21.0. The molecule has 0 unspecified atom stereocenters. The Morgan fingerprint density at radius 3 is 1.02 bits per heavy atom. The summed E-state index contributed by atoms with van der Waals surface area (Å²) in [5.41, 5.74) is 0. The molecule has 0 radical (unpaired) electrons. The Hall–Kier alpha value is -1.03. The molecule has 0 atom stereocenters. The van der Waals surface area contributed by atoms with E-state index in [0.29, 0.717) is 12.8 Å². The van der Waals surface area contributed by atoms with Crippen LogP contribution in [0.4, 0.5) is 0 Å². The van der Waals surface area contributed by atoms with Crippen LogP contribution in [-0.2, 0) is 9.59 Å². The number of carboxylic acid groups (broad SMARTS) is 1. The summed E-state index contributed by atoms with van der Waals surface area (Å²) < 4.78 is 0. The van der Waals surface area contributed by atoms with Gasteiger partial charge in [0, 0.05) is 12.8 Å². The van der Waals surface area contributed by atoms with Crippen molar-refractivity contribution in [1.29, 1.82) is 0 Å². The Labute approximate surface area is 255 Å². The predicted molar refractivity (Wildman–Crippen MR) is 181 cm³/mol. The first-order chi connectivity index (χ1) is 19.5. The molecule has 3 nitrogen and oxygen atoms in total. The molecule has 0 spiro atoms. The van der Waals surface area contributed by atoms with E-state index in [9.17, 15) is 9.59 Å². The minimum atomic E-state index is -0.664. The van der Waals surface area contributed by atoms with Gasteiger partial charge in [-0.25, -0.2) is 0 Å². The lowest BCUT2D eigenvalue weighted by atomic mass is 10.1. The third kappa shape index (κ3) is 44.0. The van der Waals surface area contributed by atoms with Crippen LogP contribution in [0.3, 0.4) is 0 Å². The van der Waals surface area contributed by atoms with Crippen molar-refractivity contribution in [3.63, 3.8) is 0 Å². The first-order valence-corrected chi connectivity index (χ1v) is 17.7. The van der Waals surface area contributed by atoms with Crippen molar-refractivity contribution in [2.24, 2.45) is 0 Å². The summed E-state index contributed by atoms with van der Waals surface area (Å²) in [5, 5.41) is 8.54. The summed E-state index contributed by atoms with van der Waals surface area (Å²) in [6.45, 7) is 4.53. The zero-order chi connectivity index (χ0) is 29.8. The van der Waals surface area contributed by atoms with E-state index < -0.39 is 5.97 Å². The van der Waals surface area contributed by atoms with E-state index in [0.717, 1.165) is 19.3 Å². The summed E-state index contributed by atoms with van der Waals surface area (Å²) >= 11 is 3.77. The van der Waals surface area contributed by atoms with Crippen LogP contribution in [0.5, 0.6) is 0 Å². The van der Waals surface area contributed by atoms with Crippen molar-refractivity contribution < 1.29 is 14.7 Å². The van der Waals surface area contributed by atoms with Gasteiger partial charge in [-0.2, -0.15) is 0 Å². The maximum atomic E-state index is 10.6. The highest BCUT2D eigenvalue weighted by atomic mass is 32.1. The molecule has 0 saturated heterocycles. The number of thiol groups is 1. The van der Waals surface area contributed by atoms with Gasteiger partial charge >= 0.3 is 5.97 Å². The summed E-state index contributed by atoms with van der Waals surface area (Å²) in [6, 6.07) is 0. The minimum Gasteiger partial charge on any atom is -0.481 e. The van der Waals surface area contributed by atoms with Crippen LogP contribution in [0, 0.1) is 0 Å². The van der Waals surface area contributed by atoms with Gasteiger partial charge in [0.2, 0.25) is 0 Å². The Morgan fingerprint density at radius 1 is 0.450 bits per heavy atom. The Morgan fingerprint density at radius 2 is 0.725 bits per heavy atom. The van der Waals surface area contributed by atoms with Crippen molar-refractivity contribution in [2.45, 2.75) is 194 Å². The van der Waals surface area contributed by atoms with E-state index in [-0.39, 0.29) is 5.12 Å². The molecule has 0 rings (SSSR count). The number of rotatable bonds is 30. The third-order valence-electron chi connectivity index (χ3n) is 7.30. The number of hydrogen-bond acceptors (Lipinski definition) is 2. The third-order valence-corrected chi connectivity index (χ3v) is 7.53. The molecule has 0 aromatic rings. The van der Waals surface area contributed by atoms with E-state index in [4.69, 9.17) is 5.11 Å². The van der Waals surface area contributed by atoms with Crippen molar-refractivity contribution in [3.05, 3.63) is 24.3 Å². The highest BCUT2D eigenvalue weighted by molar-refractivity contribution is 7.96. The number of carbonyl (C=O) groups is 2. The minimum absolute atomic E-state index is 0.0302. The molecule has 1 N–H and O–H groups in total. The Bertz CT molecular complexity index is 520. The lowest BCUT2D eigenvalue weighted by Gasteiger charge is -1.99. The first-order valence-electron chi connectivity index (χ1n) is 17.3. The lowest BCUT2D eigenvalue weighted by Crippen LogP contribution is -1.93. The molecule has 0 bridgehead atoms. The van der Waals surface area contributed by atoms with Crippen LogP contribution in [0.1, 0.15) is 194 Å². The molecule has 0 saturated carbocycles. The molecule has 0 heterocycles. The van der Waals surface area contributed by atoms with Gasteiger partial charge in [-0.3, -0.25) is 9.59 Å². The second-order valence-electron chi connectivity index (χ2n) is 11.5. The van der Waals surface area contributed by atoms with Gasteiger partial charge in [0.25, 0.3) is 0 Å². The van der Waals surface area contributed by atoms with Crippen molar-refractivity contribution in [3.8, 4) is 0 Å². The maximum Gasteiger partial charge on any atom is 0.303 e. The molecule has 0 aromatic heterocycles. The monoisotopic (exact) mass is 580 g/mol. The predicted octanol–water partition coefficient (Wildman–Crippen LogP) is 12.6. The average molecular weight is 581 g/mol. The molecule has 0 fully saturated rings. The highest BCUT2D eigenvalue weighted by Crippen LogP contribution is 2.11. The number of carbonyl (C=O) groups excluding carboxylic acids is 1. The van der Waals surface area contributed by atoms with Gasteiger partial charge < -0.3 is 5.11 Å². The van der Waals surface area contributed by atoms with Crippen molar-refractivity contribution >= 4 is 23.7 Å². The van der Waals surface area contributed by atoms with Gasteiger partial charge in [-0.05, 0) is 64.2 Å². The fraction of sp³-hybridized carbons (Fsp3) is 0.833. The number of carboxylic acids is 1. The standard InChI is InChI=1S/C18H34O2.C18H34OS/c2*1-2-3-4-5-6-7-8-9-10-11-12-13-14-15-16-17-18(19)20/h2*9-10H,2-8,11-17H2,1H3,(H,19,20)/b2*10-9-. The molecule has 0 aliphatic carbocycles. The second kappa shape index (κ2) is 38.0. The molecule has 236 valence electrons. The number of hydrogen-bond donors (Lipinski definition) is 2. The second-order valence-corrected chi connectivity index (χ2v) is 12.0. The van der Waals surface area contributed by atoms with Crippen LogP contribution >= 0.6 is 12.6 Å². The fourth-order valence-electron chi connectivity index (χ4n) is 4.69. The molecule has 0 aliphatic heterocycles. The zero-order valence-electron chi connectivity index (χ0n) is 26.8. The van der Waals surface area contributed by atoms with Crippen LogP contribution in [-0.4, -0.2) is 16.2 Å². The molecule has 40 heavy (non-hydrogen) atoms. The molecule has 0 aromatic carbocycles. The average Bonchev–Trinajstić information content (AvgIpc) is 2.93. The smallest absolute Gasteiger partial charge is 0.303 e. The number of aliphatic carboxylic acids is 1. The molecule has 4 heteroatoms. The van der Waals surface area contributed by atoms with E-state index in [1.54, 1.807) is 0 Å². The van der Waals surface area contributed by atoms with E-state index in [2.05, 4.69) is 50.8 Å². The number of allylic oxidation sites excluding steroid dienone is 4. The van der Waals surface area contributed by atoms with Gasteiger partial charge in [0.05, 0.1) is 0 Å². The topological polar surface area (TPSA) is 54.4 Å². The SMILES string of the molecule is CCCCCCCC/C=C\CCCCCCCC(=O)O.CCCCCCCC/C=C\CCCCCCCC(=O)S. The molecular formula is C36H68O3S. The molecule has 0 amide bonds. The summed E-state index contributed by atoms with van der Waals surface area (Å²) in [6.07, 6.45) is 43.4. The summed E-state index contributed by atoms with van der Waals surface area (Å²) in [5.74, 6) is -0.664. The normalized spacial score (nSPS) is 11.3. The van der Waals surface area contributed by atoms with E-state index in [1.807, 2.05) is 0 Å². The Balaban J connectivity index is 0. The number of unbranched alkanes of at least 4 members (excludes halogenated alkanes) is 22. The van der Waals surface area contributed by atoms with Crippen LogP contribution < -0.4 is 0 Å². The van der Waals surface area contributed by atoms with Gasteiger partial charge in [-0.15, -0.1) is 12.6 Å². The fourth-order valence-corrected chi connectivity index (χ4v) is 4.85. The van der Waals surface area contributed by atoms with Crippen molar-refractivity contribution in [1.82, 2.24) is 0 Å². The maximum absolute atomic E-state index is 10.6. The quantitative estimate of drug-likeness (QED) is 0.0504. The van der Waals surface area contributed by atoms with Crippen LogP contribution in [0.25, 0.3) is 0 Å². The van der Waals surface area contributed by atoms with Crippen LogP contribution in [0.2, 0.25) is 0 Å². The van der Waals surface area contributed by atoms with Gasteiger partial charge in [0.1, 0.15) is 0 Å². The Kier molecular flexibility index (Phi) is 39.0. The summed E-state index contributed by atoms with van der Waals surface area (Å²) in [7, 11) is 0. The lowest BCUT2D eigenvalue weighted by molar-refractivity contribution is -0.137. The molecule has 0 aliphatic rings. The van der Waals surface area contributed by atoms with Crippen LogP contribution in [0.15, 0.2) is 24.3 Å². The van der Waals surface area contributed by atoms with Gasteiger partial charge in [0.15, 0.2) is 5.12 Å². The van der Waals surface area contributed by atoms with Gasteiger partial charge in [-0.1, -0.05) is 141 Å². The highest BCUT2D eigenvalue weighted by Gasteiger charge is 1.96.